The van der Waals surface area contributed by atoms with E-state index >= 15 is 0 Å². The Bertz CT molecular complexity index is 1440. The average molecular weight is 547 g/mol. The lowest BCUT2D eigenvalue weighted by Gasteiger charge is -2.18. The number of benzene rings is 1. The molecule has 0 radical (unpaired) electrons. The number of carbonyl (C=O) groups is 1. The van der Waals surface area contributed by atoms with Crippen LogP contribution in [-0.4, -0.2) is 85.9 Å². The minimum atomic E-state index is -3.51. The molecule has 1 aromatic carbocycles. The van der Waals surface area contributed by atoms with E-state index in [0.29, 0.717) is 28.5 Å². The van der Waals surface area contributed by atoms with Crippen molar-refractivity contribution in [2.75, 3.05) is 27.1 Å². The van der Waals surface area contributed by atoms with E-state index in [1.54, 1.807) is 37.3 Å². The molecule has 0 unspecified atom stereocenters. The summed E-state index contributed by atoms with van der Waals surface area (Å²) in [5, 5.41) is 9.14. The van der Waals surface area contributed by atoms with Gasteiger partial charge in [-0.25, -0.2) is 28.2 Å². The Morgan fingerprint density at radius 3 is 2.47 bits per heavy atom. The van der Waals surface area contributed by atoms with Crippen molar-refractivity contribution >= 4 is 21.7 Å². The topological polar surface area (TPSA) is 172 Å². The largest absolute Gasteiger partial charge is 0.480 e. The Kier molecular flexibility index (Phi) is 7.94. The van der Waals surface area contributed by atoms with Gasteiger partial charge in [0.15, 0.2) is 20.9 Å². The van der Waals surface area contributed by atoms with Crippen LogP contribution in [0.25, 0.3) is 11.3 Å². The number of ether oxygens (including phenoxy) is 5. The summed E-state index contributed by atoms with van der Waals surface area (Å²) in [5.74, 6) is -0.109. The first-order valence-electron chi connectivity index (χ1n) is 11.3. The fourth-order valence-corrected chi connectivity index (χ4v) is 4.03. The van der Waals surface area contributed by atoms with Crippen molar-refractivity contribution in [3.05, 3.63) is 48.4 Å². The van der Waals surface area contributed by atoms with Gasteiger partial charge in [-0.05, 0) is 31.2 Å². The molecule has 38 heavy (non-hydrogen) atoms. The number of sulfone groups is 1. The third-order valence-electron chi connectivity index (χ3n) is 5.40. The van der Waals surface area contributed by atoms with Crippen LogP contribution in [0.2, 0.25) is 0 Å². The van der Waals surface area contributed by atoms with Crippen LogP contribution in [0.4, 0.5) is 0 Å². The van der Waals surface area contributed by atoms with Crippen molar-refractivity contribution in [1.29, 1.82) is 0 Å². The highest BCUT2D eigenvalue weighted by Crippen LogP contribution is 2.33. The number of nitrogens with one attached hydrogen (secondary N) is 1. The van der Waals surface area contributed by atoms with Crippen molar-refractivity contribution in [3.63, 3.8) is 0 Å². The van der Waals surface area contributed by atoms with Crippen LogP contribution in [0.3, 0.4) is 0 Å². The number of nitrogens with zero attached hydrogens (tertiary/aromatic N) is 3. The molecule has 1 aliphatic heterocycles. The fraction of sp³-hybridized carbons (Fsp3) is 0.333. The molecule has 14 heteroatoms. The lowest BCUT2D eigenvalue weighted by atomic mass is 10.1. The molecule has 202 valence electrons. The van der Waals surface area contributed by atoms with Gasteiger partial charge in [-0.2, -0.15) is 0 Å². The van der Waals surface area contributed by atoms with E-state index in [4.69, 9.17) is 23.7 Å². The van der Waals surface area contributed by atoms with Gasteiger partial charge in [-0.3, -0.25) is 0 Å². The zero-order valence-corrected chi connectivity index (χ0v) is 21.8. The number of carboxylic acid groups (broad SMARTS) is 1. The zero-order valence-electron chi connectivity index (χ0n) is 20.9. The number of rotatable bonds is 11. The number of aliphatic imine (C=N–C) groups is 1. The van der Waals surface area contributed by atoms with Crippen molar-refractivity contribution in [3.8, 4) is 28.6 Å². The van der Waals surface area contributed by atoms with Crippen LogP contribution in [-0.2, 0) is 28.8 Å². The SMILES string of the molecule is COC[C@@H](OC)Oc1cc(Oc2cnc(S(C)(=O)=O)cn2)cc(-c2ccc(C3=N[C@H](C(=O)O)[C@H](C)O3)[nH]2)c1. The number of aliphatic carboxylic acids is 1. The maximum absolute atomic E-state index is 11.7. The molecule has 13 nitrogen and oxygen atoms in total. The van der Waals surface area contributed by atoms with Gasteiger partial charge in [0, 0.05) is 37.8 Å². The van der Waals surface area contributed by atoms with Crippen LogP contribution < -0.4 is 9.47 Å². The maximum atomic E-state index is 11.7. The summed E-state index contributed by atoms with van der Waals surface area (Å²) < 4.78 is 51.1. The Hall–Kier alpha value is -4.01. The third-order valence-corrected chi connectivity index (χ3v) is 6.37. The summed E-state index contributed by atoms with van der Waals surface area (Å²) in [6.07, 6.45) is 2.04. The van der Waals surface area contributed by atoms with E-state index in [1.807, 2.05) is 0 Å². The number of hydrogen-bond acceptors (Lipinski definition) is 11. The predicted molar refractivity (Wildman–Crippen MR) is 133 cm³/mol. The predicted octanol–water partition coefficient (Wildman–Crippen LogP) is 2.28. The molecule has 2 aromatic heterocycles. The number of aromatic nitrogens is 3. The number of H-pyrrole nitrogens is 1. The number of aromatic amines is 1. The average Bonchev–Trinajstić information content (AvgIpc) is 3.50. The fourth-order valence-electron chi connectivity index (χ4n) is 3.54. The molecule has 1 aliphatic rings. The Balaban J connectivity index is 1.66. The highest BCUT2D eigenvalue weighted by Gasteiger charge is 2.34. The second kappa shape index (κ2) is 11.2. The van der Waals surface area contributed by atoms with Gasteiger partial charge in [0.2, 0.25) is 18.1 Å². The van der Waals surface area contributed by atoms with E-state index in [-0.39, 0.29) is 23.4 Å². The molecule has 4 rings (SSSR count). The van der Waals surface area contributed by atoms with Crippen LogP contribution in [0, 0.1) is 0 Å². The summed E-state index contributed by atoms with van der Waals surface area (Å²) in [5.41, 5.74) is 1.77. The molecule has 0 amide bonds. The van der Waals surface area contributed by atoms with E-state index < -0.39 is 34.2 Å². The number of carboxylic acids is 1. The lowest BCUT2D eigenvalue weighted by molar-refractivity contribution is -0.139. The maximum Gasteiger partial charge on any atom is 0.332 e. The Morgan fingerprint density at radius 1 is 1.13 bits per heavy atom. The van der Waals surface area contributed by atoms with E-state index in [9.17, 15) is 18.3 Å². The highest BCUT2D eigenvalue weighted by atomic mass is 32.2. The highest BCUT2D eigenvalue weighted by molar-refractivity contribution is 7.90. The summed E-state index contributed by atoms with van der Waals surface area (Å²) >= 11 is 0. The van der Waals surface area contributed by atoms with Gasteiger partial charge in [-0.15, -0.1) is 0 Å². The van der Waals surface area contributed by atoms with Gasteiger partial charge >= 0.3 is 5.97 Å². The molecule has 0 saturated heterocycles. The van der Waals surface area contributed by atoms with Gasteiger partial charge in [0.25, 0.3) is 0 Å². The summed E-state index contributed by atoms with van der Waals surface area (Å²) in [6, 6.07) is 7.54. The minimum Gasteiger partial charge on any atom is -0.480 e. The molecule has 0 fully saturated rings. The summed E-state index contributed by atoms with van der Waals surface area (Å²) in [6.45, 7) is 1.81. The molecular weight excluding hydrogens is 520 g/mol. The Morgan fingerprint density at radius 2 is 1.87 bits per heavy atom. The molecular formula is C24H26N4O9S. The number of hydrogen-bond donors (Lipinski definition) is 2. The van der Waals surface area contributed by atoms with Crippen LogP contribution >= 0.6 is 0 Å². The van der Waals surface area contributed by atoms with Gasteiger partial charge in [0.1, 0.15) is 29.9 Å². The normalized spacial score (nSPS) is 17.9. The van der Waals surface area contributed by atoms with Gasteiger partial charge in [0.05, 0.1) is 12.4 Å². The first-order valence-corrected chi connectivity index (χ1v) is 13.2. The van der Waals surface area contributed by atoms with Crippen LogP contribution in [0.5, 0.6) is 17.4 Å². The molecule has 0 spiro atoms. The molecule has 3 heterocycles. The minimum absolute atomic E-state index is 0.0651. The Labute approximate surface area is 218 Å². The summed E-state index contributed by atoms with van der Waals surface area (Å²) in [4.78, 5) is 26.6. The third kappa shape index (κ3) is 6.27. The molecule has 3 atom stereocenters. The van der Waals surface area contributed by atoms with Crippen molar-refractivity contribution in [1.82, 2.24) is 15.0 Å². The quantitative estimate of drug-likeness (QED) is 0.338. The molecule has 2 N–H and O–H groups in total. The molecule has 0 bridgehead atoms. The standard InChI is InChI=1S/C24H26N4O9S/c1-13-22(24(29)30)28-23(35-13)18-6-5-17(27-18)14-7-15(9-16(8-14)37-21(34-3)12-33-2)36-19-10-26-20(11-25-19)38(4,31)32/h5-11,13,21-22,27H,12H2,1-4H3,(H,29,30)/t13-,21-,22-/m0/s1. The molecule has 0 saturated carbocycles. The van der Waals surface area contributed by atoms with E-state index in [0.717, 1.165) is 12.5 Å². The van der Waals surface area contributed by atoms with Crippen LogP contribution in [0.1, 0.15) is 12.6 Å². The second-order valence-electron chi connectivity index (χ2n) is 8.32. The van der Waals surface area contributed by atoms with E-state index in [1.165, 1.54) is 20.4 Å². The van der Waals surface area contributed by atoms with Crippen molar-refractivity contribution < 1.29 is 42.0 Å². The van der Waals surface area contributed by atoms with E-state index in [2.05, 4.69) is 19.9 Å². The second-order valence-corrected chi connectivity index (χ2v) is 10.3. The zero-order chi connectivity index (χ0) is 27.4. The van der Waals surface area contributed by atoms with Crippen LogP contribution in [0.15, 0.2) is 52.7 Å². The molecule has 0 aliphatic carbocycles. The number of methoxy groups -OCH3 is 2. The van der Waals surface area contributed by atoms with Gasteiger partial charge in [-0.1, -0.05) is 0 Å². The summed E-state index contributed by atoms with van der Waals surface area (Å²) in [7, 11) is -0.514. The first kappa shape index (κ1) is 27.0. The van der Waals surface area contributed by atoms with Crippen molar-refractivity contribution in [2.45, 2.75) is 30.4 Å². The monoisotopic (exact) mass is 546 g/mol. The first-order chi connectivity index (χ1) is 18.1. The smallest absolute Gasteiger partial charge is 0.332 e. The van der Waals surface area contributed by atoms with Gasteiger partial charge < -0.3 is 33.8 Å². The van der Waals surface area contributed by atoms with Crippen molar-refractivity contribution in [2.24, 2.45) is 4.99 Å². The lowest BCUT2D eigenvalue weighted by Crippen LogP contribution is -2.27. The molecule has 3 aromatic rings.